The third-order valence-electron chi connectivity index (χ3n) is 4.34. The number of nitrogens with zero attached hydrogens (tertiary/aromatic N) is 4. The van der Waals surface area contributed by atoms with Crippen LogP contribution in [0.2, 0.25) is 5.02 Å². The molecule has 8 nitrogen and oxygen atoms in total. The van der Waals surface area contributed by atoms with Gasteiger partial charge in [0.25, 0.3) is 11.6 Å². The lowest BCUT2D eigenvalue weighted by atomic mass is 10.1. The van der Waals surface area contributed by atoms with Gasteiger partial charge in [-0.1, -0.05) is 11.6 Å². The first-order chi connectivity index (χ1) is 12.8. The second kappa shape index (κ2) is 7.87. The Hall–Kier alpha value is -2.74. The number of piperidine rings is 1. The van der Waals surface area contributed by atoms with Gasteiger partial charge in [0.05, 0.1) is 4.92 Å². The maximum atomic E-state index is 12.7. The van der Waals surface area contributed by atoms with Crippen molar-refractivity contribution in [1.82, 2.24) is 14.9 Å². The number of ether oxygens (including phenoxy) is 1. The largest absolute Gasteiger partial charge is 0.474 e. The molecule has 1 fully saturated rings. The van der Waals surface area contributed by atoms with Crippen LogP contribution in [-0.4, -0.2) is 44.9 Å². The van der Waals surface area contributed by atoms with E-state index >= 15 is 0 Å². The zero-order chi connectivity index (χ0) is 19.6. The minimum atomic E-state index is -0.570. The number of nitro groups is 1. The summed E-state index contributed by atoms with van der Waals surface area (Å²) in [5.41, 5.74) is 0.599. The average molecular weight is 391 g/mol. The van der Waals surface area contributed by atoms with Crippen LogP contribution >= 0.6 is 11.6 Å². The molecule has 0 atom stereocenters. The number of amides is 1. The van der Waals surface area contributed by atoms with Crippen molar-refractivity contribution in [3.05, 3.63) is 56.5 Å². The molecule has 1 aliphatic rings. The van der Waals surface area contributed by atoms with Gasteiger partial charge in [-0.05, 0) is 26.0 Å². The highest BCUT2D eigenvalue weighted by Crippen LogP contribution is 2.26. The quantitative estimate of drug-likeness (QED) is 0.586. The summed E-state index contributed by atoms with van der Waals surface area (Å²) in [6.07, 6.45) is 1.15. The van der Waals surface area contributed by atoms with Gasteiger partial charge in [-0.2, -0.15) is 4.98 Å². The molecular weight excluding hydrogens is 372 g/mol. The Morgan fingerprint density at radius 3 is 2.59 bits per heavy atom. The number of aryl methyl sites for hydroxylation is 2. The van der Waals surface area contributed by atoms with Crippen LogP contribution in [0.15, 0.2) is 24.3 Å². The molecule has 0 aliphatic carbocycles. The SMILES string of the molecule is Cc1cc(OC2CCN(C(=O)c3cc(Cl)ccc3[N+](=O)[O-])CC2)nc(C)n1. The van der Waals surface area contributed by atoms with Crippen LogP contribution in [-0.2, 0) is 0 Å². The first-order valence-electron chi connectivity index (χ1n) is 8.55. The molecule has 0 radical (unpaired) electrons. The zero-order valence-electron chi connectivity index (χ0n) is 15.0. The molecule has 142 valence electrons. The summed E-state index contributed by atoms with van der Waals surface area (Å²) in [6, 6.07) is 5.78. The van der Waals surface area contributed by atoms with Gasteiger partial charge in [0.2, 0.25) is 5.88 Å². The van der Waals surface area contributed by atoms with Crippen molar-refractivity contribution in [1.29, 1.82) is 0 Å². The normalized spacial score (nSPS) is 14.9. The number of benzene rings is 1. The molecule has 27 heavy (non-hydrogen) atoms. The van der Waals surface area contributed by atoms with E-state index in [0.29, 0.717) is 37.6 Å². The third kappa shape index (κ3) is 4.51. The van der Waals surface area contributed by atoms with Crippen LogP contribution in [0.3, 0.4) is 0 Å². The number of likely N-dealkylation sites (tertiary alicyclic amines) is 1. The highest BCUT2D eigenvalue weighted by Gasteiger charge is 2.29. The fourth-order valence-corrected chi connectivity index (χ4v) is 3.27. The molecule has 9 heteroatoms. The number of carbonyl (C=O) groups is 1. The molecule has 1 aromatic heterocycles. The molecule has 0 bridgehead atoms. The van der Waals surface area contributed by atoms with Crippen LogP contribution in [0.25, 0.3) is 0 Å². The minimum Gasteiger partial charge on any atom is -0.474 e. The lowest BCUT2D eigenvalue weighted by molar-refractivity contribution is -0.385. The summed E-state index contributed by atoms with van der Waals surface area (Å²) in [5, 5.41) is 11.5. The summed E-state index contributed by atoms with van der Waals surface area (Å²) in [7, 11) is 0. The van der Waals surface area contributed by atoms with Crippen molar-refractivity contribution in [2.75, 3.05) is 13.1 Å². The molecule has 0 N–H and O–H groups in total. The summed E-state index contributed by atoms with van der Waals surface area (Å²) in [4.78, 5) is 33.4. The van der Waals surface area contributed by atoms with Crippen molar-refractivity contribution in [3.63, 3.8) is 0 Å². The average Bonchev–Trinajstić information content (AvgIpc) is 2.60. The molecule has 1 amide bonds. The summed E-state index contributed by atoms with van der Waals surface area (Å²) in [6.45, 7) is 4.56. The first kappa shape index (κ1) is 19.0. The standard InChI is InChI=1S/C18H19ClN4O4/c1-11-9-17(21-12(2)20-11)27-14-5-7-22(8-6-14)18(24)15-10-13(19)3-4-16(15)23(25)26/h3-4,9-10,14H,5-8H2,1-2H3. The molecule has 1 saturated heterocycles. The lowest BCUT2D eigenvalue weighted by Crippen LogP contribution is -2.42. The van der Waals surface area contributed by atoms with E-state index in [1.54, 1.807) is 17.9 Å². The molecule has 3 rings (SSSR count). The van der Waals surface area contributed by atoms with E-state index in [-0.39, 0.29) is 22.4 Å². The Balaban J connectivity index is 1.66. The van der Waals surface area contributed by atoms with E-state index in [9.17, 15) is 14.9 Å². The predicted octanol–water partition coefficient (Wildman–Crippen LogP) is 3.34. The van der Waals surface area contributed by atoms with Gasteiger partial charge in [0.1, 0.15) is 17.5 Å². The van der Waals surface area contributed by atoms with E-state index in [2.05, 4.69) is 9.97 Å². The fourth-order valence-electron chi connectivity index (χ4n) is 3.10. The number of aromatic nitrogens is 2. The van der Waals surface area contributed by atoms with Crippen LogP contribution in [0.5, 0.6) is 5.88 Å². The molecule has 1 aliphatic heterocycles. The third-order valence-corrected chi connectivity index (χ3v) is 4.58. The van der Waals surface area contributed by atoms with Gasteiger partial charge in [-0.3, -0.25) is 14.9 Å². The smallest absolute Gasteiger partial charge is 0.282 e. The van der Waals surface area contributed by atoms with Crippen molar-refractivity contribution in [3.8, 4) is 5.88 Å². The summed E-state index contributed by atoms with van der Waals surface area (Å²) < 4.78 is 5.91. The van der Waals surface area contributed by atoms with E-state index in [1.165, 1.54) is 18.2 Å². The highest BCUT2D eigenvalue weighted by molar-refractivity contribution is 6.31. The Kier molecular flexibility index (Phi) is 5.55. The first-order valence-corrected chi connectivity index (χ1v) is 8.93. The Bertz CT molecular complexity index is 861. The van der Waals surface area contributed by atoms with E-state index in [1.807, 2.05) is 6.92 Å². The summed E-state index contributed by atoms with van der Waals surface area (Å²) in [5.74, 6) is 0.775. The van der Waals surface area contributed by atoms with Gasteiger partial charge < -0.3 is 9.64 Å². The van der Waals surface area contributed by atoms with Crippen molar-refractivity contribution >= 4 is 23.2 Å². The minimum absolute atomic E-state index is 0.00826. The Morgan fingerprint density at radius 2 is 1.96 bits per heavy atom. The fraction of sp³-hybridized carbons (Fsp3) is 0.389. The topological polar surface area (TPSA) is 98.5 Å². The van der Waals surface area contributed by atoms with Crippen molar-refractivity contribution < 1.29 is 14.5 Å². The molecule has 1 aromatic carbocycles. The van der Waals surface area contributed by atoms with Gasteiger partial charge in [-0.15, -0.1) is 0 Å². The second-order valence-electron chi connectivity index (χ2n) is 6.42. The lowest BCUT2D eigenvalue weighted by Gasteiger charge is -2.32. The van der Waals surface area contributed by atoms with Crippen LogP contribution in [0.4, 0.5) is 5.69 Å². The second-order valence-corrected chi connectivity index (χ2v) is 6.86. The highest BCUT2D eigenvalue weighted by atomic mass is 35.5. The van der Waals surface area contributed by atoms with E-state index in [4.69, 9.17) is 16.3 Å². The Morgan fingerprint density at radius 1 is 1.26 bits per heavy atom. The van der Waals surface area contributed by atoms with Gasteiger partial charge in [0, 0.05) is 48.8 Å². The maximum absolute atomic E-state index is 12.7. The molecule has 2 aromatic rings. The van der Waals surface area contributed by atoms with Crippen LogP contribution in [0.1, 0.15) is 34.7 Å². The molecule has 0 unspecified atom stereocenters. The number of rotatable bonds is 4. The van der Waals surface area contributed by atoms with Crippen LogP contribution in [0, 0.1) is 24.0 Å². The number of carbonyl (C=O) groups excluding carboxylic acids is 1. The number of hydrogen-bond donors (Lipinski definition) is 0. The van der Waals surface area contributed by atoms with Crippen LogP contribution < -0.4 is 4.74 Å². The number of nitro benzene ring substituents is 1. The van der Waals surface area contributed by atoms with Crippen molar-refractivity contribution in [2.24, 2.45) is 0 Å². The Labute approximate surface area is 161 Å². The monoisotopic (exact) mass is 390 g/mol. The molecular formula is C18H19ClN4O4. The molecule has 0 spiro atoms. The number of halogens is 1. The van der Waals surface area contributed by atoms with E-state index in [0.717, 1.165) is 5.69 Å². The molecule has 2 heterocycles. The maximum Gasteiger partial charge on any atom is 0.282 e. The van der Waals surface area contributed by atoms with E-state index < -0.39 is 10.8 Å². The van der Waals surface area contributed by atoms with Gasteiger partial charge in [0.15, 0.2) is 0 Å². The molecule has 0 saturated carbocycles. The predicted molar refractivity (Wildman–Crippen MR) is 99.2 cm³/mol. The zero-order valence-corrected chi connectivity index (χ0v) is 15.8. The van der Waals surface area contributed by atoms with Crippen molar-refractivity contribution in [2.45, 2.75) is 32.8 Å². The van der Waals surface area contributed by atoms with Gasteiger partial charge in [-0.25, -0.2) is 4.98 Å². The number of hydrogen-bond acceptors (Lipinski definition) is 6. The summed E-state index contributed by atoms with van der Waals surface area (Å²) >= 11 is 5.92. The van der Waals surface area contributed by atoms with Gasteiger partial charge >= 0.3 is 0 Å².